The van der Waals surface area contributed by atoms with E-state index in [0.29, 0.717) is 30.3 Å². The number of hydrogen-bond donors (Lipinski definition) is 1. The largest absolute Gasteiger partial charge is 0.484 e. The number of hydrogen-bond acceptors (Lipinski definition) is 4. The van der Waals surface area contributed by atoms with Gasteiger partial charge in [0.05, 0.1) is 31.9 Å². The van der Waals surface area contributed by atoms with Crippen LogP contribution < -0.4 is 9.64 Å². The van der Waals surface area contributed by atoms with Crippen LogP contribution in [0.5, 0.6) is 5.75 Å². The van der Waals surface area contributed by atoms with Crippen LogP contribution in [0.2, 0.25) is 0 Å². The molecule has 2 aliphatic heterocycles. The molecule has 0 spiro atoms. The summed E-state index contributed by atoms with van der Waals surface area (Å²) in [5.41, 5.74) is 0. The van der Waals surface area contributed by atoms with Crippen LogP contribution in [-0.4, -0.2) is 69.6 Å². The Bertz CT molecular complexity index is 702. The fourth-order valence-electron chi connectivity index (χ4n) is 3.36. The van der Waals surface area contributed by atoms with Crippen molar-refractivity contribution in [1.82, 2.24) is 4.90 Å². The molecule has 0 unspecified atom stereocenters. The third-order valence-corrected chi connectivity index (χ3v) is 6.99. The second-order valence-electron chi connectivity index (χ2n) is 6.39. The Hall–Kier alpha value is -1.12. The van der Waals surface area contributed by atoms with E-state index >= 15 is 0 Å². The minimum absolute atomic E-state index is 0.0203. The van der Waals surface area contributed by atoms with Gasteiger partial charge in [-0.15, -0.1) is 0 Å². The van der Waals surface area contributed by atoms with Gasteiger partial charge in [0.25, 0.3) is 5.91 Å². The zero-order chi connectivity index (χ0) is 17.2. The van der Waals surface area contributed by atoms with Crippen LogP contribution in [0, 0.1) is 0 Å². The molecule has 0 bridgehead atoms. The van der Waals surface area contributed by atoms with E-state index in [9.17, 15) is 13.2 Å². The summed E-state index contributed by atoms with van der Waals surface area (Å²) in [5.74, 6) is 1.25. The van der Waals surface area contributed by atoms with Crippen molar-refractivity contribution >= 4 is 31.7 Å². The summed E-state index contributed by atoms with van der Waals surface area (Å²) in [7, 11) is -2.84. The molecule has 2 heterocycles. The predicted molar refractivity (Wildman–Crippen MR) is 94.0 cm³/mol. The quantitative estimate of drug-likeness (QED) is 0.732. The highest BCUT2D eigenvalue weighted by Crippen LogP contribution is 2.17. The molecule has 1 amide bonds. The van der Waals surface area contributed by atoms with E-state index in [0.717, 1.165) is 24.0 Å². The van der Waals surface area contributed by atoms with Gasteiger partial charge in [-0.3, -0.25) is 4.79 Å². The maximum Gasteiger partial charge on any atom is 0.260 e. The minimum atomic E-state index is -2.84. The van der Waals surface area contributed by atoms with Gasteiger partial charge in [-0.1, -0.05) is 22.0 Å². The van der Waals surface area contributed by atoms with Crippen molar-refractivity contribution in [2.45, 2.75) is 12.5 Å². The van der Waals surface area contributed by atoms with Crippen LogP contribution in [0.1, 0.15) is 6.42 Å². The van der Waals surface area contributed by atoms with Crippen molar-refractivity contribution in [2.75, 3.05) is 44.3 Å². The lowest BCUT2D eigenvalue weighted by atomic mass is 10.2. The number of amides is 1. The van der Waals surface area contributed by atoms with Gasteiger partial charge in [-0.2, -0.15) is 0 Å². The van der Waals surface area contributed by atoms with E-state index in [4.69, 9.17) is 4.74 Å². The van der Waals surface area contributed by atoms with E-state index in [1.54, 1.807) is 0 Å². The monoisotopic (exact) mass is 417 g/mol. The summed E-state index contributed by atoms with van der Waals surface area (Å²) < 4.78 is 29.7. The fraction of sp³-hybridized carbons (Fsp3) is 0.562. The number of quaternary nitrogens is 1. The van der Waals surface area contributed by atoms with Gasteiger partial charge >= 0.3 is 0 Å². The molecule has 24 heavy (non-hydrogen) atoms. The SMILES string of the molecule is O=C(COc1cccc(Br)c1)N1CC[NH+]([C@H]2CCS(=O)(=O)C2)CC1. The normalized spacial score (nSPS) is 24.0. The number of carbonyl (C=O) groups is 1. The van der Waals surface area contributed by atoms with Crippen molar-refractivity contribution < 1.29 is 22.8 Å². The molecular formula is C16H22BrN2O4S+. The third kappa shape index (κ3) is 4.49. The summed E-state index contributed by atoms with van der Waals surface area (Å²) in [6, 6.07) is 7.61. The molecule has 3 rings (SSSR count). The zero-order valence-corrected chi connectivity index (χ0v) is 15.8. The Morgan fingerprint density at radius 1 is 1.33 bits per heavy atom. The summed E-state index contributed by atoms with van der Waals surface area (Å²) in [4.78, 5) is 15.4. The third-order valence-electron chi connectivity index (χ3n) is 4.73. The first-order valence-corrected chi connectivity index (χ1v) is 10.8. The molecule has 132 valence electrons. The summed E-state index contributed by atoms with van der Waals surface area (Å²) >= 11 is 3.37. The molecule has 2 fully saturated rings. The average molecular weight is 418 g/mol. The van der Waals surface area contributed by atoms with E-state index in [-0.39, 0.29) is 18.6 Å². The highest BCUT2D eigenvalue weighted by molar-refractivity contribution is 9.10. The summed E-state index contributed by atoms with van der Waals surface area (Å²) in [5, 5.41) is 0. The second kappa shape index (κ2) is 7.41. The van der Waals surface area contributed by atoms with Crippen LogP contribution in [0.15, 0.2) is 28.7 Å². The Morgan fingerprint density at radius 3 is 2.71 bits per heavy atom. The molecule has 1 atom stereocenters. The molecule has 2 saturated heterocycles. The molecule has 8 heteroatoms. The molecule has 0 radical (unpaired) electrons. The average Bonchev–Trinajstić information content (AvgIpc) is 2.93. The van der Waals surface area contributed by atoms with Crippen molar-refractivity contribution in [3.05, 3.63) is 28.7 Å². The molecular weight excluding hydrogens is 396 g/mol. The number of sulfone groups is 1. The molecule has 1 N–H and O–H groups in total. The summed E-state index contributed by atoms with van der Waals surface area (Å²) in [6.07, 6.45) is 0.748. The van der Waals surface area contributed by atoms with Gasteiger partial charge < -0.3 is 14.5 Å². The number of piperazine rings is 1. The molecule has 0 aromatic heterocycles. The number of nitrogens with zero attached hydrogens (tertiary/aromatic N) is 1. The highest BCUT2D eigenvalue weighted by Gasteiger charge is 2.37. The van der Waals surface area contributed by atoms with Crippen molar-refractivity contribution in [3.63, 3.8) is 0 Å². The van der Waals surface area contributed by atoms with Gasteiger partial charge in [-0.05, 0) is 18.2 Å². The number of rotatable bonds is 4. The first-order chi connectivity index (χ1) is 11.4. The number of halogens is 1. The molecule has 0 aliphatic carbocycles. The van der Waals surface area contributed by atoms with Crippen molar-refractivity contribution in [1.29, 1.82) is 0 Å². The molecule has 1 aromatic rings. The number of benzene rings is 1. The number of nitrogens with one attached hydrogen (secondary N) is 1. The zero-order valence-electron chi connectivity index (χ0n) is 13.4. The van der Waals surface area contributed by atoms with Crippen molar-refractivity contribution in [2.24, 2.45) is 0 Å². The van der Waals surface area contributed by atoms with E-state index < -0.39 is 9.84 Å². The van der Waals surface area contributed by atoms with Crippen LogP contribution in [0.25, 0.3) is 0 Å². The highest BCUT2D eigenvalue weighted by atomic mass is 79.9. The Balaban J connectivity index is 1.45. The van der Waals surface area contributed by atoms with E-state index in [2.05, 4.69) is 15.9 Å². The molecule has 1 aromatic carbocycles. The van der Waals surface area contributed by atoms with E-state index in [1.807, 2.05) is 29.2 Å². The van der Waals surface area contributed by atoms with Gasteiger partial charge in [0.1, 0.15) is 17.5 Å². The van der Waals surface area contributed by atoms with Crippen LogP contribution in [-0.2, 0) is 14.6 Å². The molecule has 0 saturated carbocycles. The lowest BCUT2D eigenvalue weighted by Crippen LogP contribution is -3.18. The molecule has 6 nitrogen and oxygen atoms in total. The Labute approximate surface area is 150 Å². The van der Waals surface area contributed by atoms with Gasteiger partial charge in [0, 0.05) is 10.9 Å². The standard InChI is InChI=1S/C16H21BrN2O4S/c17-13-2-1-3-15(10-13)23-11-16(20)19-7-5-18(6-8-19)14-4-9-24(21,22)12-14/h1-3,10,14H,4-9,11-12H2/p+1/t14-/m0/s1. The molecule has 2 aliphatic rings. The van der Waals surface area contributed by atoms with Gasteiger partial charge in [0.15, 0.2) is 16.4 Å². The lowest BCUT2D eigenvalue weighted by molar-refractivity contribution is -0.925. The van der Waals surface area contributed by atoms with E-state index in [1.165, 1.54) is 4.90 Å². The Kier molecular flexibility index (Phi) is 5.46. The summed E-state index contributed by atoms with van der Waals surface area (Å²) in [6.45, 7) is 2.97. The maximum absolute atomic E-state index is 12.3. The first kappa shape index (κ1) is 17.7. The number of ether oxygens (including phenoxy) is 1. The van der Waals surface area contributed by atoms with Gasteiger partial charge in [0.2, 0.25) is 0 Å². The van der Waals surface area contributed by atoms with Crippen LogP contribution >= 0.6 is 15.9 Å². The smallest absolute Gasteiger partial charge is 0.260 e. The fourth-order valence-corrected chi connectivity index (χ4v) is 5.57. The topological polar surface area (TPSA) is 68.1 Å². The lowest BCUT2D eigenvalue weighted by Gasteiger charge is -2.34. The predicted octanol–water partition coefficient (Wildman–Crippen LogP) is -0.258. The maximum atomic E-state index is 12.3. The second-order valence-corrected chi connectivity index (χ2v) is 9.53. The van der Waals surface area contributed by atoms with Crippen LogP contribution in [0.3, 0.4) is 0 Å². The van der Waals surface area contributed by atoms with Gasteiger partial charge in [-0.25, -0.2) is 8.42 Å². The van der Waals surface area contributed by atoms with Crippen molar-refractivity contribution in [3.8, 4) is 5.75 Å². The minimum Gasteiger partial charge on any atom is -0.484 e. The number of carbonyl (C=O) groups excluding carboxylic acids is 1. The Morgan fingerprint density at radius 2 is 2.08 bits per heavy atom. The van der Waals surface area contributed by atoms with Crippen LogP contribution in [0.4, 0.5) is 0 Å². The first-order valence-electron chi connectivity index (χ1n) is 8.14.